The third-order valence-electron chi connectivity index (χ3n) is 2.17. The molecule has 0 heterocycles. The van der Waals surface area contributed by atoms with Crippen molar-refractivity contribution in [3.63, 3.8) is 0 Å². The maximum absolute atomic E-state index is 11.3. The summed E-state index contributed by atoms with van der Waals surface area (Å²) in [5.74, 6) is -0.129. The van der Waals surface area contributed by atoms with Crippen LogP contribution in [0, 0.1) is 11.3 Å². The Balaban J connectivity index is 3.24. The van der Waals surface area contributed by atoms with E-state index in [2.05, 4.69) is 4.74 Å². The summed E-state index contributed by atoms with van der Waals surface area (Å²) in [5, 5.41) is 8.82. The maximum atomic E-state index is 11.3. The number of carbonyl (C=O) groups is 1. The molecular weight excluding hydrogens is 190 g/mol. The highest BCUT2D eigenvalue weighted by atomic mass is 16.5. The Hall–Kier alpha value is -1.82. The lowest BCUT2D eigenvalue weighted by Crippen LogP contribution is -2.03. The molecule has 0 aliphatic rings. The Kier molecular flexibility index (Phi) is 3.46. The second-order valence-electron chi connectivity index (χ2n) is 3.60. The molecular formula is C12H13NO2. The highest BCUT2D eigenvalue weighted by Gasteiger charge is 2.10. The fourth-order valence-electron chi connectivity index (χ4n) is 1.29. The molecule has 0 saturated heterocycles. The van der Waals surface area contributed by atoms with Gasteiger partial charge in [0.2, 0.25) is 0 Å². The predicted molar refractivity (Wildman–Crippen MR) is 56.6 cm³/mol. The lowest BCUT2D eigenvalue weighted by Gasteiger charge is -2.07. The van der Waals surface area contributed by atoms with Gasteiger partial charge in [-0.3, -0.25) is 0 Å². The molecule has 0 atom stereocenters. The van der Waals surface area contributed by atoms with E-state index < -0.39 is 5.97 Å². The summed E-state index contributed by atoms with van der Waals surface area (Å²) in [6.45, 7) is 4.02. The first-order valence-corrected chi connectivity index (χ1v) is 4.72. The van der Waals surface area contributed by atoms with Crippen molar-refractivity contribution in [1.82, 2.24) is 0 Å². The third kappa shape index (κ3) is 2.57. The molecule has 0 aliphatic heterocycles. The van der Waals surface area contributed by atoms with Crippen molar-refractivity contribution in [2.45, 2.75) is 19.8 Å². The van der Waals surface area contributed by atoms with Gasteiger partial charge >= 0.3 is 5.97 Å². The summed E-state index contributed by atoms with van der Waals surface area (Å²) >= 11 is 0. The topological polar surface area (TPSA) is 50.1 Å². The molecule has 0 bridgehead atoms. The van der Waals surface area contributed by atoms with E-state index >= 15 is 0 Å². The van der Waals surface area contributed by atoms with Crippen molar-refractivity contribution in [1.29, 1.82) is 5.26 Å². The standard InChI is InChI=1S/C12H13NO2/c1-8(2)10-4-9(7-13)5-11(6-10)12(14)15-3/h4-6,8H,1-3H3. The zero-order valence-corrected chi connectivity index (χ0v) is 9.07. The number of methoxy groups -OCH3 is 1. The van der Waals surface area contributed by atoms with E-state index in [0.29, 0.717) is 11.1 Å². The SMILES string of the molecule is COC(=O)c1cc(C#N)cc(C(C)C)c1. The Morgan fingerprint density at radius 1 is 1.40 bits per heavy atom. The van der Waals surface area contributed by atoms with Gasteiger partial charge in [0.05, 0.1) is 24.3 Å². The zero-order valence-electron chi connectivity index (χ0n) is 9.07. The first-order chi connectivity index (χ1) is 7.08. The molecule has 0 spiro atoms. The zero-order chi connectivity index (χ0) is 11.4. The lowest BCUT2D eigenvalue weighted by molar-refractivity contribution is 0.0600. The van der Waals surface area contributed by atoms with Crippen molar-refractivity contribution in [2.75, 3.05) is 7.11 Å². The summed E-state index contributed by atoms with van der Waals surface area (Å²) in [6, 6.07) is 7.12. The molecule has 1 aromatic rings. The van der Waals surface area contributed by atoms with Crippen LogP contribution in [0.2, 0.25) is 0 Å². The van der Waals surface area contributed by atoms with Crippen LogP contribution in [0.5, 0.6) is 0 Å². The maximum Gasteiger partial charge on any atom is 0.337 e. The van der Waals surface area contributed by atoms with Crippen LogP contribution in [-0.4, -0.2) is 13.1 Å². The van der Waals surface area contributed by atoms with Crippen molar-refractivity contribution in [2.24, 2.45) is 0 Å². The molecule has 0 fully saturated rings. The van der Waals surface area contributed by atoms with Crippen LogP contribution in [0.4, 0.5) is 0 Å². The molecule has 0 saturated carbocycles. The van der Waals surface area contributed by atoms with E-state index in [1.807, 2.05) is 19.9 Å². The molecule has 0 aliphatic carbocycles. The molecule has 78 valence electrons. The Bertz CT molecular complexity index is 416. The summed E-state index contributed by atoms with van der Waals surface area (Å²) < 4.78 is 4.62. The van der Waals surface area contributed by atoms with Crippen molar-refractivity contribution in [3.05, 3.63) is 34.9 Å². The predicted octanol–water partition coefficient (Wildman–Crippen LogP) is 2.47. The Labute approximate surface area is 89.3 Å². The number of hydrogen-bond acceptors (Lipinski definition) is 3. The molecule has 0 N–H and O–H groups in total. The second-order valence-corrected chi connectivity index (χ2v) is 3.60. The first kappa shape index (κ1) is 11.3. The van der Waals surface area contributed by atoms with Gasteiger partial charge in [-0.15, -0.1) is 0 Å². The lowest BCUT2D eigenvalue weighted by atomic mass is 9.98. The van der Waals surface area contributed by atoms with Gasteiger partial charge in [0, 0.05) is 0 Å². The number of ether oxygens (including phenoxy) is 1. The molecule has 0 unspecified atom stereocenters. The van der Waals surface area contributed by atoms with Gasteiger partial charge in [-0.1, -0.05) is 13.8 Å². The summed E-state index contributed by atoms with van der Waals surface area (Å²) in [4.78, 5) is 11.3. The summed E-state index contributed by atoms with van der Waals surface area (Å²) in [7, 11) is 1.33. The molecule has 1 rings (SSSR count). The number of hydrogen-bond donors (Lipinski definition) is 0. The van der Waals surface area contributed by atoms with Crippen LogP contribution < -0.4 is 0 Å². The van der Waals surface area contributed by atoms with E-state index in [4.69, 9.17) is 5.26 Å². The third-order valence-corrected chi connectivity index (χ3v) is 2.17. The summed E-state index contributed by atoms with van der Waals surface area (Å²) in [5.41, 5.74) is 1.89. The van der Waals surface area contributed by atoms with Gasteiger partial charge in [-0.25, -0.2) is 4.79 Å². The van der Waals surface area contributed by atoms with E-state index in [1.165, 1.54) is 13.2 Å². The van der Waals surface area contributed by atoms with Crippen LogP contribution in [0.25, 0.3) is 0 Å². The monoisotopic (exact) mass is 203 g/mol. The molecule has 15 heavy (non-hydrogen) atoms. The highest BCUT2D eigenvalue weighted by molar-refractivity contribution is 5.90. The van der Waals surface area contributed by atoms with Crippen LogP contribution in [-0.2, 0) is 4.74 Å². The molecule has 0 amide bonds. The van der Waals surface area contributed by atoms with Crippen LogP contribution in [0.1, 0.15) is 41.3 Å². The van der Waals surface area contributed by atoms with Gasteiger partial charge in [0.25, 0.3) is 0 Å². The normalized spacial score (nSPS) is 9.80. The minimum atomic E-state index is -0.408. The quantitative estimate of drug-likeness (QED) is 0.694. The van der Waals surface area contributed by atoms with Crippen LogP contribution >= 0.6 is 0 Å². The van der Waals surface area contributed by atoms with Crippen LogP contribution in [0.15, 0.2) is 18.2 Å². The van der Waals surface area contributed by atoms with E-state index in [9.17, 15) is 4.79 Å². The number of nitrogens with zero attached hydrogens (tertiary/aromatic N) is 1. The molecule has 1 aromatic carbocycles. The average Bonchev–Trinajstić information content (AvgIpc) is 2.27. The average molecular weight is 203 g/mol. The molecule has 0 aromatic heterocycles. The van der Waals surface area contributed by atoms with Crippen molar-refractivity contribution < 1.29 is 9.53 Å². The van der Waals surface area contributed by atoms with Gasteiger partial charge in [0.15, 0.2) is 0 Å². The van der Waals surface area contributed by atoms with Crippen molar-refractivity contribution in [3.8, 4) is 6.07 Å². The van der Waals surface area contributed by atoms with Gasteiger partial charge in [-0.05, 0) is 29.7 Å². The van der Waals surface area contributed by atoms with Gasteiger partial charge < -0.3 is 4.74 Å². The Morgan fingerprint density at radius 2 is 2.07 bits per heavy atom. The van der Waals surface area contributed by atoms with E-state index in [0.717, 1.165) is 5.56 Å². The number of esters is 1. The number of carbonyl (C=O) groups excluding carboxylic acids is 1. The number of benzene rings is 1. The van der Waals surface area contributed by atoms with Gasteiger partial charge in [0.1, 0.15) is 0 Å². The molecule has 3 heteroatoms. The highest BCUT2D eigenvalue weighted by Crippen LogP contribution is 2.18. The van der Waals surface area contributed by atoms with Gasteiger partial charge in [-0.2, -0.15) is 5.26 Å². The fourth-order valence-corrected chi connectivity index (χ4v) is 1.29. The second kappa shape index (κ2) is 4.61. The smallest absolute Gasteiger partial charge is 0.337 e. The van der Waals surface area contributed by atoms with E-state index in [1.54, 1.807) is 12.1 Å². The first-order valence-electron chi connectivity index (χ1n) is 4.72. The minimum absolute atomic E-state index is 0.279. The number of nitriles is 1. The van der Waals surface area contributed by atoms with Crippen LogP contribution in [0.3, 0.4) is 0 Å². The fraction of sp³-hybridized carbons (Fsp3) is 0.333. The van der Waals surface area contributed by atoms with E-state index in [-0.39, 0.29) is 5.92 Å². The summed E-state index contributed by atoms with van der Waals surface area (Å²) in [6.07, 6.45) is 0. The Morgan fingerprint density at radius 3 is 2.53 bits per heavy atom. The van der Waals surface area contributed by atoms with Crippen molar-refractivity contribution >= 4 is 5.97 Å². The number of rotatable bonds is 2. The largest absolute Gasteiger partial charge is 0.465 e. The molecule has 3 nitrogen and oxygen atoms in total. The minimum Gasteiger partial charge on any atom is -0.465 e. The molecule has 0 radical (unpaired) electrons.